The van der Waals surface area contributed by atoms with Crippen LogP contribution < -0.4 is 5.73 Å². The second kappa shape index (κ2) is 5.48. The Labute approximate surface area is 104 Å². The Bertz CT molecular complexity index is 448. The molecule has 0 saturated carbocycles. The first-order valence-electron chi connectivity index (χ1n) is 5.13. The summed E-state index contributed by atoms with van der Waals surface area (Å²) in [6.07, 6.45) is 3.00. The highest BCUT2D eigenvalue weighted by Crippen LogP contribution is 2.24. The van der Waals surface area contributed by atoms with Gasteiger partial charge in [0.15, 0.2) is 0 Å². The molecule has 0 aliphatic heterocycles. The molecule has 0 saturated heterocycles. The number of thioether (sulfide) groups is 1. The number of benzene rings is 1. The third-order valence-electron chi connectivity index (χ3n) is 2.34. The molecule has 0 aliphatic rings. The quantitative estimate of drug-likeness (QED) is 0.848. The molecule has 2 nitrogen and oxygen atoms in total. The van der Waals surface area contributed by atoms with Crippen molar-refractivity contribution in [3.05, 3.63) is 35.2 Å². The molecule has 2 rings (SSSR count). The Balaban J connectivity index is 2.21. The van der Waals surface area contributed by atoms with E-state index in [1.165, 1.54) is 15.3 Å². The second-order valence-corrected chi connectivity index (χ2v) is 5.21. The van der Waals surface area contributed by atoms with Crippen molar-refractivity contribution >= 4 is 23.3 Å². The molecule has 0 radical (unpaired) electrons. The van der Waals surface area contributed by atoms with E-state index < -0.39 is 0 Å². The van der Waals surface area contributed by atoms with E-state index in [1.807, 2.05) is 0 Å². The lowest BCUT2D eigenvalue weighted by atomic mass is 10.1. The normalized spacial score (nSPS) is 10.6. The summed E-state index contributed by atoms with van der Waals surface area (Å²) in [7, 11) is 0. The molecule has 2 N–H and O–H groups in total. The number of hydrogen-bond donors (Lipinski definition) is 1. The molecule has 0 aliphatic carbocycles. The van der Waals surface area contributed by atoms with Gasteiger partial charge in [0.05, 0.1) is 5.69 Å². The monoisotopic (exact) mass is 250 g/mol. The predicted octanol–water partition coefficient (Wildman–Crippen LogP) is 3.03. The van der Waals surface area contributed by atoms with Crippen molar-refractivity contribution in [3.63, 3.8) is 0 Å². The van der Waals surface area contributed by atoms with E-state index in [4.69, 9.17) is 5.73 Å². The van der Waals surface area contributed by atoms with Crippen molar-refractivity contribution in [2.75, 3.05) is 12.8 Å². The van der Waals surface area contributed by atoms with E-state index in [9.17, 15) is 0 Å². The molecular weight excluding hydrogens is 236 g/mol. The van der Waals surface area contributed by atoms with E-state index >= 15 is 0 Å². The van der Waals surface area contributed by atoms with Crippen molar-refractivity contribution in [1.29, 1.82) is 0 Å². The van der Waals surface area contributed by atoms with E-state index in [-0.39, 0.29) is 0 Å². The van der Waals surface area contributed by atoms with Crippen LogP contribution in [0.25, 0.3) is 11.3 Å². The minimum absolute atomic E-state index is 0.688. The maximum absolute atomic E-state index is 5.52. The first-order chi connectivity index (χ1) is 7.83. The molecule has 0 unspecified atom stereocenters. The zero-order valence-corrected chi connectivity index (χ0v) is 10.8. The third kappa shape index (κ3) is 2.64. The molecule has 2 aromatic rings. The van der Waals surface area contributed by atoms with Crippen LogP contribution in [0.3, 0.4) is 0 Å². The van der Waals surface area contributed by atoms with Crippen LogP contribution in [0.5, 0.6) is 0 Å². The van der Waals surface area contributed by atoms with Crippen molar-refractivity contribution in [3.8, 4) is 11.3 Å². The Morgan fingerprint density at radius 1 is 1.31 bits per heavy atom. The Morgan fingerprint density at radius 3 is 2.69 bits per heavy atom. The summed E-state index contributed by atoms with van der Waals surface area (Å²) in [5, 5.41) is 0. The highest BCUT2D eigenvalue weighted by Gasteiger charge is 2.03. The van der Waals surface area contributed by atoms with Crippen LogP contribution in [0.1, 0.15) is 4.88 Å². The van der Waals surface area contributed by atoms with E-state index in [2.05, 4.69) is 41.0 Å². The fourth-order valence-electron chi connectivity index (χ4n) is 1.47. The Kier molecular flexibility index (Phi) is 3.98. The average Bonchev–Trinajstić information content (AvgIpc) is 2.78. The number of hydrogen-bond acceptors (Lipinski definition) is 4. The van der Waals surface area contributed by atoms with Gasteiger partial charge in [0.2, 0.25) is 0 Å². The van der Waals surface area contributed by atoms with Crippen LogP contribution in [0.2, 0.25) is 0 Å². The van der Waals surface area contributed by atoms with Gasteiger partial charge in [-0.25, -0.2) is 0 Å². The van der Waals surface area contributed by atoms with E-state index in [1.54, 1.807) is 23.3 Å². The lowest BCUT2D eigenvalue weighted by Gasteiger charge is -1.98. The van der Waals surface area contributed by atoms with Gasteiger partial charge in [0, 0.05) is 15.3 Å². The minimum atomic E-state index is 0.688. The highest BCUT2D eigenvalue weighted by atomic mass is 32.2. The van der Waals surface area contributed by atoms with Crippen LogP contribution in [0.4, 0.5) is 0 Å². The summed E-state index contributed by atoms with van der Waals surface area (Å²) < 4.78 is 4.44. The maximum atomic E-state index is 5.52. The molecule has 16 heavy (non-hydrogen) atoms. The van der Waals surface area contributed by atoms with Gasteiger partial charge in [-0.1, -0.05) is 12.1 Å². The van der Waals surface area contributed by atoms with E-state index in [0.29, 0.717) is 6.54 Å². The van der Waals surface area contributed by atoms with Crippen LogP contribution in [-0.4, -0.2) is 17.2 Å². The standard InChI is InChI=1S/C12H14N2S2/c1-15-10-4-2-9(3-5-10)12-8-11(6-7-13)16-14-12/h2-5,8H,6-7,13H2,1H3. The maximum Gasteiger partial charge on any atom is 0.0843 e. The topological polar surface area (TPSA) is 38.9 Å². The summed E-state index contributed by atoms with van der Waals surface area (Å²) >= 11 is 3.30. The van der Waals surface area contributed by atoms with Crippen molar-refractivity contribution in [2.24, 2.45) is 5.73 Å². The molecule has 0 atom stereocenters. The predicted molar refractivity (Wildman–Crippen MR) is 72.1 cm³/mol. The van der Waals surface area contributed by atoms with Crippen molar-refractivity contribution in [1.82, 2.24) is 4.37 Å². The SMILES string of the molecule is CSc1ccc(-c2cc(CCN)sn2)cc1. The molecule has 4 heteroatoms. The van der Waals surface area contributed by atoms with Crippen molar-refractivity contribution < 1.29 is 0 Å². The third-order valence-corrected chi connectivity index (χ3v) is 3.92. The Hall–Kier alpha value is -0.840. The van der Waals surface area contributed by atoms with Gasteiger partial charge < -0.3 is 5.73 Å². The summed E-state index contributed by atoms with van der Waals surface area (Å²) in [6, 6.07) is 10.6. The van der Waals surface area contributed by atoms with Gasteiger partial charge >= 0.3 is 0 Å². The zero-order chi connectivity index (χ0) is 11.4. The van der Waals surface area contributed by atoms with Gasteiger partial charge in [0.1, 0.15) is 0 Å². The molecule has 1 aromatic carbocycles. The smallest absolute Gasteiger partial charge is 0.0843 e. The Morgan fingerprint density at radius 2 is 2.06 bits per heavy atom. The van der Waals surface area contributed by atoms with Crippen molar-refractivity contribution in [2.45, 2.75) is 11.3 Å². The molecule has 1 aromatic heterocycles. The lowest BCUT2D eigenvalue weighted by molar-refractivity contribution is 0.989. The van der Waals surface area contributed by atoms with Crippen LogP contribution in [0.15, 0.2) is 35.2 Å². The summed E-state index contributed by atoms with van der Waals surface area (Å²) in [5.74, 6) is 0. The molecule has 0 fully saturated rings. The fourth-order valence-corrected chi connectivity index (χ4v) is 2.63. The number of rotatable bonds is 4. The number of nitrogens with two attached hydrogens (primary N) is 1. The molecular formula is C12H14N2S2. The fraction of sp³-hybridized carbons (Fsp3) is 0.250. The van der Waals surface area contributed by atoms with Crippen LogP contribution in [-0.2, 0) is 6.42 Å². The van der Waals surface area contributed by atoms with E-state index in [0.717, 1.165) is 12.1 Å². The molecule has 84 valence electrons. The van der Waals surface area contributed by atoms with Gasteiger partial charge in [-0.3, -0.25) is 0 Å². The number of nitrogens with zero attached hydrogens (tertiary/aromatic N) is 1. The average molecular weight is 250 g/mol. The summed E-state index contributed by atoms with van der Waals surface area (Å²) in [4.78, 5) is 2.53. The first kappa shape index (κ1) is 11.6. The molecule has 0 spiro atoms. The lowest BCUT2D eigenvalue weighted by Crippen LogP contribution is -2.00. The molecule has 1 heterocycles. The van der Waals surface area contributed by atoms with Crippen LogP contribution >= 0.6 is 23.3 Å². The van der Waals surface area contributed by atoms with Crippen LogP contribution in [0, 0.1) is 0 Å². The molecule has 0 amide bonds. The number of aromatic nitrogens is 1. The molecule has 0 bridgehead atoms. The van der Waals surface area contributed by atoms with Gasteiger partial charge in [-0.2, -0.15) is 4.37 Å². The second-order valence-electron chi connectivity index (χ2n) is 3.45. The minimum Gasteiger partial charge on any atom is -0.330 e. The highest BCUT2D eigenvalue weighted by molar-refractivity contribution is 7.98. The largest absolute Gasteiger partial charge is 0.330 e. The summed E-state index contributed by atoms with van der Waals surface area (Å²) in [6.45, 7) is 0.688. The summed E-state index contributed by atoms with van der Waals surface area (Å²) in [5.41, 5.74) is 7.76. The van der Waals surface area contributed by atoms with Gasteiger partial charge in [-0.05, 0) is 49.0 Å². The van der Waals surface area contributed by atoms with Gasteiger partial charge in [-0.15, -0.1) is 11.8 Å². The zero-order valence-electron chi connectivity index (χ0n) is 9.14. The van der Waals surface area contributed by atoms with Gasteiger partial charge in [0.25, 0.3) is 0 Å². The first-order valence-corrected chi connectivity index (χ1v) is 7.13.